The van der Waals surface area contributed by atoms with Gasteiger partial charge in [-0.1, -0.05) is 30.3 Å². The molecule has 0 aliphatic heterocycles. The molecule has 1 aromatic carbocycles. The highest BCUT2D eigenvalue weighted by atomic mass is 32.1. The molecule has 0 saturated carbocycles. The fraction of sp³-hybridized carbons (Fsp3) is 0.333. The summed E-state index contributed by atoms with van der Waals surface area (Å²) in [5.74, 6) is 0.769. The zero-order valence-electron chi connectivity index (χ0n) is 13.1. The number of rotatable bonds is 4. The van der Waals surface area contributed by atoms with Gasteiger partial charge in [0.15, 0.2) is 5.82 Å². The van der Waals surface area contributed by atoms with Gasteiger partial charge in [-0.05, 0) is 31.7 Å². The number of thiophene rings is 1. The summed E-state index contributed by atoms with van der Waals surface area (Å²) in [5.41, 5.74) is 2.56. The molecule has 0 saturated heterocycles. The summed E-state index contributed by atoms with van der Waals surface area (Å²) in [4.78, 5) is 22.4. The van der Waals surface area contributed by atoms with E-state index in [9.17, 15) is 4.79 Å². The Labute approximate surface area is 138 Å². The SMILES string of the molecule is C[C@@H]([NH2+]Cc1nc2sc3c(c2c(=O)[nH]1)CCC3)c1ccccc1. The van der Waals surface area contributed by atoms with E-state index in [1.807, 2.05) is 6.07 Å². The van der Waals surface area contributed by atoms with Crippen LogP contribution in [0.2, 0.25) is 0 Å². The lowest BCUT2D eigenvalue weighted by atomic mass is 10.1. The maximum absolute atomic E-state index is 12.4. The molecule has 4 rings (SSSR count). The Morgan fingerprint density at radius 3 is 2.96 bits per heavy atom. The van der Waals surface area contributed by atoms with Crippen molar-refractivity contribution in [2.75, 3.05) is 0 Å². The number of quaternary nitrogens is 1. The van der Waals surface area contributed by atoms with Crippen molar-refractivity contribution in [2.24, 2.45) is 0 Å². The van der Waals surface area contributed by atoms with Crippen LogP contribution in [0.5, 0.6) is 0 Å². The van der Waals surface area contributed by atoms with E-state index in [1.54, 1.807) is 11.3 Å². The zero-order valence-corrected chi connectivity index (χ0v) is 14.0. The third-order valence-corrected chi connectivity index (χ3v) is 5.80. The fourth-order valence-corrected chi connectivity index (χ4v) is 4.61. The lowest BCUT2D eigenvalue weighted by molar-refractivity contribution is -0.708. The molecule has 0 spiro atoms. The largest absolute Gasteiger partial charge is 0.334 e. The van der Waals surface area contributed by atoms with Crippen LogP contribution in [0.25, 0.3) is 10.2 Å². The van der Waals surface area contributed by atoms with E-state index in [2.05, 4.69) is 41.5 Å². The first-order valence-electron chi connectivity index (χ1n) is 8.14. The van der Waals surface area contributed by atoms with Gasteiger partial charge in [0.2, 0.25) is 0 Å². The second-order valence-electron chi connectivity index (χ2n) is 6.19. The molecule has 0 amide bonds. The Kier molecular flexibility index (Phi) is 3.75. The standard InChI is InChI=1S/C18H19N3OS/c1-11(12-6-3-2-4-7-12)19-10-15-20-17(22)16-13-8-5-9-14(13)23-18(16)21-15/h2-4,6-7,11,19H,5,8-10H2,1H3,(H,20,21,22)/p+1/t11-/m1/s1. The van der Waals surface area contributed by atoms with Gasteiger partial charge in [-0.3, -0.25) is 4.79 Å². The van der Waals surface area contributed by atoms with Gasteiger partial charge in [0, 0.05) is 10.4 Å². The van der Waals surface area contributed by atoms with Gasteiger partial charge in [0.05, 0.1) is 5.39 Å². The van der Waals surface area contributed by atoms with Crippen LogP contribution < -0.4 is 10.9 Å². The van der Waals surface area contributed by atoms with Crippen molar-refractivity contribution in [3.63, 3.8) is 0 Å². The highest BCUT2D eigenvalue weighted by Crippen LogP contribution is 2.34. The summed E-state index contributed by atoms with van der Waals surface area (Å²) >= 11 is 1.70. The van der Waals surface area contributed by atoms with Gasteiger partial charge in [-0.2, -0.15) is 0 Å². The van der Waals surface area contributed by atoms with Gasteiger partial charge >= 0.3 is 0 Å². The van der Waals surface area contributed by atoms with Crippen LogP contribution in [-0.2, 0) is 19.4 Å². The molecular weight excluding hydrogens is 306 g/mol. The Morgan fingerprint density at radius 1 is 1.30 bits per heavy atom. The summed E-state index contributed by atoms with van der Waals surface area (Å²) in [6.07, 6.45) is 3.29. The molecule has 0 unspecified atom stereocenters. The van der Waals surface area contributed by atoms with E-state index in [4.69, 9.17) is 4.98 Å². The third-order valence-electron chi connectivity index (χ3n) is 4.61. The van der Waals surface area contributed by atoms with E-state index in [1.165, 1.54) is 22.4 Å². The number of benzene rings is 1. The fourth-order valence-electron chi connectivity index (χ4n) is 3.32. The number of hydrogen-bond donors (Lipinski definition) is 2. The summed E-state index contributed by atoms with van der Waals surface area (Å²) in [5, 5.41) is 3.04. The van der Waals surface area contributed by atoms with E-state index in [0.717, 1.165) is 28.9 Å². The van der Waals surface area contributed by atoms with Crippen molar-refractivity contribution >= 4 is 21.6 Å². The molecule has 2 heterocycles. The third kappa shape index (κ3) is 2.71. The zero-order chi connectivity index (χ0) is 15.8. The first kappa shape index (κ1) is 14.6. The van der Waals surface area contributed by atoms with Crippen LogP contribution in [0.4, 0.5) is 0 Å². The second kappa shape index (κ2) is 5.91. The van der Waals surface area contributed by atoms with Crippen LogP contribution in [0, 0.1) is 0 Å². The van der Waals surface area contributed by atoms with Gasteiger partial charge in [-0.25, -0.2) is 4.98 Å². The molecule has 1 aliphatic carbocycles. The number of aromatic nitrogens is 2. The van der Waals surface area contributed by atoms with Crippen LogP contribution >= 0.6 is 11.3 Å². The van der Waals surface area contributed by atoms with Gasteiger partial charge in [0.1, 0.15) is 17.4 Å². The summed E-state index contributed by atoms with van der Waals surface area (Å²) in [6, 6.07) is 10.7. The average molecular weight is 326 g/mol. The second-order valence-corrected chi connectivity index (χ2v) is 7.27. The Hall–Kier alpha value is -1.98. The molecule has 3 aromatic rings. The summed E-state index contributed by atoms with van der Waals surface area (Å²) < 4.78 is 0. The Balaban J connectivity index is 1.57. The van der Waals surface area contributed by atoms with Crippen molar-refractivity contribution in [3.05, 3.63) is 62.5 Å². The van der Waals surface area contributed by atoms with Crippen LogP contribution in [-0.4, -0.2) is 9.97 Å². The maximum Gasteiger partial charge on any atom is 0.260 e. The molecular formula is C18H20N3OS+. The molecule has 23 heavy (non-hydrogen) atoms. The normalized spacial score (nSPS) is 15.0. The van der Waals surface area contributed by atoms with E-state index < -0.39 is 0 Å². The van der Waals surface area contributed by atoms with E-state index in [-0.39, 0.29) is 5.56 Å². The number of hydrogen-bond acceptors (Lipinski definition) is 3. The van der Waals surface area contributed by atoms with Crippen LogP contribution in [0.3, 0.4) is 0 Å². The van der Waals surface area contributed by atoms with Crippen LogP contribution in [0.15, 0.2) is 35.1 Å². The molecule has 2 aromatic heterocycles. The monoisotopic (exact) mass is 326 g/mol. The number of nitrogens with one attached hydrogen (secondary N) is 1. The van der Waals surface area contributed by atoms with Gasteiger partial charge in [-0.15, -0.1) is 11.3 Å². The van der Waals surface area contributed by atoms with Gasteiger partial charge in [0.25, 0.3) is 5.56 Å². The smallest absolute Gasteiger partial charge is 0.260 e. The molecule has 0 bridgehead atoms. The van der Waals surface area contributed by atoms with Crippen molar-refractivity contribution in [1.82, 2.24) is 9.97 Å². The van der Waals surface area contributed by atoms with Crippen molar-refractivity contribution in [1.29, 1.82) is 0 Å². The highest BCUT2D eigenvalue weighted by molar-refractivity contribution is 7.18. The number of nitrogens with two attached hydrogens (primary N) is 1. The predicted octanol–water partition coefficient (Wildman–Crippen LogP) is 2.30. The van der Waals surface area contributed by atoms with Crippen molar-refractivity contribution in [3.8, 4) is 0 Å². The molecule has 4 nitrogen and oxygen atoms in total. The maximum atomic E-state index is 12.4. The van der Waals surface area contributed by atoms with Gasteiger partial charge < -0.3 is 10.3 Å². The summed E-state index contributed by atoms with van der Waals surface area (Å²) in [7, 11) is 0. The highest BCUT2D eigenvalue weighted by Gasteiger charge is 2.21. The number of aryl methyl sites for hydroxylation is 2. The number of H-pyrrole nitrogens is 1. The first-order valence-corrected chi connectivity index (χ1v) is 8.96. The lowest BCUT2D eigenvalue weighted by Gasteiger charge is -2.10. The topological polar surface area (TPSA) is 62.4 Å². The molecule has 0 radical (unpaired) electrons. The Morgan fingerprint density at radius 2 is 2.13 bits per heavy atom. The van der Waals surface area contributed by atoms with E-state index in [0.29, 0.717) is 12.6 Å². The molecule has 3 N–H and O–H groups in total. The lowest BCUT2D eigenvalue weighted by Crippen LogP contribution is -2.83. The minimum atomic E-state index is 0.0326. The average Bonchev–Trinajstić information content (AvgIpc) is 3.13. The quantitative estimate of drug-likeness (QED) is 0.773. The molecule has 1 atom stereocenters. The minimum absolute atomic E-state index is 0.0326. The number of fused-ring (bicyclic) bond motifs is 3. The minimum Gasteiger partial charge on any atom is -0.334 e. The van der Waals surface area contributed by atoms with Crippen molar-refractivity contribution in [2.45, 2.75) is 38.8 Å². The van der Waals surface area contributed by atoms with Crippen molar-refractivity contribution < 1.29 is 5.32 Å². The molecule has 0 fully saturated rings. The molecule has 5 heteroatoms. The van der Waals surface area contributed by atoms with E-state index >= 15 is 0 Å². The molecule has 118 valence electrons. The summed E-state index contributed by atoms with van der Waals surface area (Å²) in [6.45, 7) is 2.86. The van der Waals surface area contributed by atoms with Crippen LogP contribution in [0.1, 0.15) is 41.2 Å². The number of aromatic amines is 1. The predicted molar refractivity (Wildman–Crippen MR) is 92.8 cm³/mol. The first-order chi connectivity index (χ1) is 11.2. The Bertz CT molecular complexity index is 898. The number of nitrogens with zero attached hydrogens (tertiary/aromatic N) is 1. The molecule has 1 aliphatic rings.